The first-order valence-corrected chi connectivity index (χ1v) is 15.8. The van der Waals surface area contributed by atoms with E-state index in [0.717, 1.165) is 30.1 Å². The predicted molar refractivity (Wildman–Crippen MR) is 167 cm³/mol. The molecular formula is C31H32Br3N3O4. The Labute approximate surface area is 266 Å². The van der Waals surface area contributed by atoms with Crippen LogP contribution in [-0.2, 0) is 38.7 Å². The summed E-state index contributed by atoms with van der Waals surface area (Å²) in [7, 11) is 2.89. The van der Waals surface area contributed by atoms with E-state index in [1.165, 1.54) is 14.2 Å². The Morgan fingerprint density at radius 2 is 0.878 bits per heavy atom. The molecule has 2 aliphatic heterocycles. The van der Waals surface area contributed by atoms with Crippen LogP contribution in [0.25, 0.3) is 0 Å². The molecule has 3 aromatic carbocycles. The minimum Gasteiger partial charge on any atom is -0.468 e. The van der Waals surface area contributed by atoms with E-state index in [-0.39, 0.29) is 24.3 Å². The molecule has 0 spiro atoms. The average molecular weight is 750 g/mol. The van der Waals surface area contributed by atoms with Crippen molar-refractivity contribution in [2.24, 2.45) is 0 Å². The lowest BCUT2D eigenvalue weighted by Crippen LogP contribution is -2.73. The Hall–Kier alpha value is -2.08. The lowest BCUT2D eigenvalue weighted by Gasteiger charge is -2.59. The molecule has 2 saturated heterocycles. The van der Waals surface area contributed by atoms with Crippen LogP contribution in [0, 0.1) is 0 Å². The summed E-state index contributed by atoms with van der Waals surface area (Å²) < 4.78 is 13.7. The van der Waals surface area contributed by atoms with Gasteiger partial charge in [0.2, 0.25) is 0 Å². The highest BCUT2D eigenvalue weighted by Gasteiger charge is 2.53. The number of halogens is 3. The number of hydrogen-bond donors (Lipinski definition) is 0. The number of carbonyl (C=O) groups excluding carboxylic acids is 2. The van der Waals surface area contributed by atoms with Gasteiger partial charge in [-0.05, 0) is 53.1 Å². The van der Waals surface area contributed by atoms with Gasteiger partial charge in [-0.25, -0.2) is 0 Å². The largest absolute Gasteiger partial charge is 0.468 e. The van der Waals surface area contributed by atoms with Crippen molar-refractivity contribution in [1.82, 2.24) is 14.7 Å². The van der Waals surface area contributed by atoms with Gasteiger partial charge in [0.25, 0.3) is 0 Å². The fourth-order valence-corrected chi connectivity index (χ4v) is 6.78. The molecule has 0 saturated carbocycles. The van der Waals surface area contributed by atoms with Crippen LogP contribution in [0.1, 0.15) is 29.5 Å². The lowest BCUT2D eigenvalue weighted by atomic mass is 9.90. The second-order valence-electron chi connectivity index (χ2n) is 10.4. The van der Waals surface area contributed by atoms with Crippen LogP contribution in [0.5, 0.6) is 0 Å². The zero-order valence-corrected chi connectivity index (χ0v) is 27.6. The van der Waals surface area contributed by atoms with Gasteiger partial charge < -0.3 is 9.47 Å². The van der Waals surface area contributed by atoms with Gasteiger partial charge in [0.05, 0.1) is 26.6 Å². The summed E-state index contributed by atoms with van der Waals surface area (Å²) in [4.78, 5) is 33.5. The molecule has 0 N–H and O–H groups in total. The summed E-state index contributed by atoms with van der Waals surface area (Å²) in [6.45, 7) is 1.75. The highest BCUT2D eigenvalue weighted by atomic mass is 79.9. The van der Waals surface area contributed by atoms with Crippen LogP contribution >= 0.6 is 47.8 Å². The number of benzene rings is 3. The molecular weight excluding hydrogens is 718 g/mol. The molecule has 0 amide bonds. The molecule has 5 rings (SSSR count). The van der Waals surface area contributed by atoms with Crippen LogP contribution in [-0.4, -0.2) is 65.3 Å². The van der Waals surface area contributed by atoms with Crippen LogP contribution in [0.2, 0.25) is 0 Å². The summed E-state index contributed by atoms with van der Waals surface area (Å²) in [6, 6.07) is 23.6. The number of hydrogen-bond acceptors (Lipinski definition) is 7. The van der Waals surface area contributed by atoms with Gasteiger partial charge in [-0.15, -0.1) is 0 Å². The molecule has 216 valence electrons. The molecule has 2 heterocycles. The number of nitrogens with zero attached hydrogens (tertiary/aromatic N) is 3. The van der Waals surface area contributed by atoms with Crippen molar-refractivity contribution in [3.8, 4) is 0 Å². The number of rotatable bonds is 8. The molecule has 2 aliphatic rings. The summed E-state index contributed by atoms with van der Waals surface area (Å²) in [5.74, 6) is -0.527. The maximum absolute atomic E-state index is 13.3. The fourth-order valence-electron chi connectivity index (χ4n) is 5.99. The molecule has 0 unspecified atom stereocenters. The van der Waals surface area contributed by atoms with E-state index in [0.29, 0.717) is 32.5 Å². The maximum atomic E-state index is 13.3. The molecule has 0 aliphatic carbocycles. The van der Waals surface area contributed by atoms with E-state index in [1.54, 1.807) is 0 Å². The summed E-state index contributed by atoms with van der Waals surface area (Å²) in [5, 5.41) is 0. The molecule has 0 aromatic heterocycles. The minimum atomic E-state index is -0.467. The van der Waals surface area contributed by atoms with Crippen LogP contribution in [0.3, 0.4) is 0 Å². The third-order valence-corrected chi connectivity index (χ3v) is 9.57. The number of methoxy groups -OCH3 is 2. The second kappa shape index (κ2) is 13.5. The van der Waals surface area contributed by atoms with E-state index in [2.05, 4.69) is 98.9 Å². The number of esters is 2. The van der Waals surface area contributed by atoms with Crippen molar-refractivity contribution >= 4 is 59.7 Å². The monoisotopic (exact) mass is 747 g/mol. The van der Waals surface area contributed by atoms with Gasteiger partial charge in [-0.1, -0.05) is 84.2 Å². The highest BCUT2D eigenvalue weighted by molar-refractivity contribution is 9.11. The molecule has 2 bridgehead atoms. The first-order valence-electron chi connectivity index (χ1n) is 13.4. The Kier molecular flexibility index (Phi) is 9.99. The Balaban J connectivity index is 1.57. The molecule has 10 heteroatoms. The Morgan fingerprint density at radius 3 is 1.17 bits per heavy atom. The number of fused-ring (bicyclic) bond motifs is 2. The third-order valence-electron chi connectivity index (χ3n) is 7.98. The van der Waals surface area contributed by atoms with E-state index in [9.17, 15) is 9.59 Å². The summed E-state index contributed by atoms with van der Waals surface area (Å²) in [5.41, 5.74) is 3.32. The van der Waals surface area contributed by atoms with E-state index < -0.39 is 12.1 Å². The zero-order chi connectivity index (χ0) is 29.1. The quantitative estimate of drug-likeness (QED) is 0.250. The van der Waals surface area contributed by atoms with Gasteiger partial charge in [0, 0.05) is 45.9 Å². The van der Waals surface area contributed by atoms with Gasteiger partial charge in [0.1, 0.15) is 12.1 Å². The number of ether oxygens (including phenoxy) is 2. The van der Waals surface area contributed by atoms with E-state index >= 15 is 0 Å². The molecule has 3 aromatic rings. The molecule has 2 fully saturated rings. The Bertz CT molecular complexity index is 1270. The molecule has 0 radical (unpaired) electrons. The van der Waals surface area contributed by atoms with Gasteiger partial charge in [-0.3, -0.25) is 24.3 Å². The highest BCUT2D eigenvalue weighted by Crippen LogP contribution is 2.40. The van der Waals surface area contributed by atoms with Crippen molar-refractivity contribution in [1.29, 1.82) is 0 Å². The number of carbonyl (C=O) groups is 2. The van der Waals surface area contributed by atoms with Crippen molar-refractivity contribution in [3.63, 3.8) is 0 Å². The van der Waals surface area contributed by atoms with E-state index in [1.807, 2.05) is 36.4 Å². The van der Waals surface area contributed by atoms with Crippen molar-refractivity contribution < 1.29 is 19.1 Å². The SMILES string of the molecule is COC(=O)[C@H]1C[C@H]2N(Cc3ccc(Br)cc3)[C@H](C[C@H](C(=O)OC)N2Cc2ccc(Br)cc2)N1Cc1ccc(Br)cc1. The smallest absolute Gasteiger partial charge is 0.323 e. The van der Waals surface area contributed by atoms with Gasteiger partial charge in [-0.2, -0.15) is 0 Å². The van der Waals surface area contributed by atoms with Crippen LogP contribution in [0.4, 0.5) is 0 Å². The van der Waals surface area contributed by atoms with E-state index in [4.69, 9.17) is 9.47 Å². The standard InChI is InChI=1S/C31H32Br3N3O4/c1-40-30(38)26-15-28-36(18-21-5-11-24(33)12-6-21)27(31(39)41-2)16-29(35(26)17-20-3-9-23(32)10-4-20)37(28)19-22-7-13-25(34)14-8-22/h3-14,26-29H,15-19H2,1-2H3/t26-,27-,28-,29-/m1/s1. The predicted octanol–water partition coefficient (Wildman–Crippen LogP) is 6.32. The van der Waals surface area contributed by atoms with Crippen LogP contribution < -0.4 is 0 Å². The lowest BCUT2D eigenvalue weighted by molar-refractivity contribution is -0.201. The summed E-state index contributed by atoms with van der Waals surface area (Å²) >= 11 is 10.6. The molecule has 4 atom stereocenters. The first kappa shape index (κ1) is 30.4. The van der Waals surface area contributed by atoms with Gasteiger partial charge >= 0.3 is 11.9 Å². The minimum absolute atomic E-state index is 0.199. The van der Waals surface area contributed by atoms with Crippen molar-refractivity contribution in [2.45, 2.75) is 56.9 Å². The van der Waals surface area contributed by atoms with Crippen LogP contribution in [0.15, 0.2) is 86.2 Å². The average Bonchev–Trinajstić information content (AvgIpc) is 2.98. The third kappa shape index (κ3) is 6.95. The molecule has 41 heavy (non-hydrogen) atoms. The van der Waals surface area contributed by atoms with Crippen molar-refractivity contribution in [2.75, 3.05) is 14.2 Å². The van der Waals surface area contributed by atoms with Gasteiger partial charge in [0.15, 0.2) is 0 Å². The first-order chi connectivity index (χ1) is 19.8. The van der Waals surface area contributed by atoms with Crippen molar-refractivity contribution in [3.05, 3.63) is 103 Å². The topological polar surface area (TPSA) is 62.3 Å². The second-order valence-corrected chi connectivity index (χ2v) is 13.2. The molecule has 7 nitrogen and oxygen atoms in total. The Morgan fingerprint density at radius 1 is 0.585 bits per heavy atom. The zero-order valence-electron chi connectivity index (χ0n) is 22.9. The summed E-state index contributed by atoms with van der Waals surface area (Å²) in [6.07, 6.45) is 0.575. The fraction of sp³-hybridized carbons (Fsp3) is 0.355. The normalized spacial score (nSPS) is 23.2. The maximum Gasteiger partial charge on any atom is 0.323 e.